The molecule has 0 saturated carbocycles. The monoisotopic (exact) mass is 404 g/mol. The summed E-state index contributed by atoms with van der Waals surface area (Å²) in [7, 11) is 0. The van der Waals surface area contributed by atoms with Crippen LogP contribution in [0.25, 0.3) is 12.2 Å². The summed E-state index contributed by atoms with van der Waals surface area (Å²) < 4.78 is 25.8. The fourth-order valence-corrected chi connectivity index (χ4v) is 2.53. The van der Waals surface area contributed by atoms with Gasteiger partial charge in [-0.15, -0.1) is 0 Å². The third-order valence-electron chi connectivity index (χ3n) is 3.99. The van der Waals surface area contributed by atoms with Gasteiger partial charge in [0.15, 0.2) is 0 Å². The molecule has 3 aromatic carbocycles. The van der Waals surface area contributed by atoms with Crippen molar-refractivity contribution in [3.8, 4) is 0 Å². The molecular weight excluding hydrogens is 386 g/mol. The quantitative estimate of drug-likeness (QED) is 0.550. The van der Waals surface area contributed by atoms with E-state index in [-0.39, 0.29) is 23.4 Å². The zero-order chi connectivity index (χ0) is 21.3. The molecule has 0 heterocycles. The molecule has 150 valence electrons. The number of rotatable bonds is 6. The number of halogens is 2. The highest BCUT2D eigenvalue weighted by Crippen LogP contribution is 2.16. The lowest BCUT2D eigenvalue weighted by molar-refractivity contribution is -0.112. The first-order chi connectivity index (χ1) is 14.5. The highest BCUT2D eigenvalue weighted by atomic mass is 19.1. The van der Waals surface area contributed by atoms with Crippen molar-refractivity contribution < 1.29 is 18.4 Å². The first kappa shape index (κ1) is 20.7. The van der Waals surface area contributed by atoms with E-state index in [4.69, 9.17) is 0 Å². The van der Waals surface area contributed by atoms with E-state index in [2.05, 4.69) is 10.6 Å². The van der Waals surface area contributed by atoms with Crippen molar-refractivity contribution in [3.63, 3.8) is 0 Å². The van der Waals surface area contributed by atoms with Crippen molar-refractivity contribution in [1.29, 1.82) is 0 Å². The molecule has 0 spiro atoms. The maximum absolute atomic E-state index is 12.9. The largest absolute Gasteiger partial charge is 0.322 e. The van der Waals surface area contributed by atoms with Crippen LogP contribution in [-0.2, 0) is 9.59 Å². The van der Waals surface area contributed by atoms with Gasteiger partial charge in [0.1, 0.15) is 11.6 Å². The first-order valence-corrected chi connectivity index (χ1v) is 9.07. The molecule has 6 heteroatoms. The molecule has 0 atom stereocenters. The normalized spacial score (nSPS) is 11.0. The summed E-state index contributed by atoms with van der Waals surface area (Å²) >= 11 is 0. The van der Waals surface area contributed by atoms with Gasteiger partial charge in [-0.25, -0.2) is 8.78 Å². The van der Waals surface area contributed by atoms with Gasteiger partial charge in [0.25, 0.3) is 0 Å². The number of amides is 2. The molecule has 0 fully saturated rings. The number of hydrogen-bond donors (Lipinski definition) is 2. The van der Waals surface area contributed by atoms with Gasteiger partial charge in [-0.05, 0) is 65.7 Å². The highest BCUT2D eigenvalue weighted by Gasteiger charge is 2.02. The Kier molecular flexibility index (Phi) is 6.84. The van der Waals surface area contributed by atoms with Crippen LogP contribution in [0.1, 0.15) is 11.1 Å². The number of carbonyl (C=O) groups is 2. The van der Waals surface area contributed by atoms with Crippen molar-refractivity contribution in [2.45, 2.75) is 0 Å². The van der Waals surface area contributed by atoms with Crippen molar-refractivity contribution in [3.05, 3.63) is 108 Å². The predicted molar refractivity (Wildman–Crippen MR) is 115 cm³/mol. The molecule has 0 aliphatic rings. The molecule has 0 unspecified atom stereocenters. The second-order valence-electron chi connectivity index (χ2n) is 6.33. The minimum atomic E-state index is -0.362. The topological polar surface area (TPSA) is 58.2 Å². The summed E-state index contributed by atoms with van der Waals surface area (Å²) in [4.78, 5) is 24.1. The predicted octanol–water partition coefficient (Wildman–Crippen LogP) is 5.27. The molecule has 0 aromatic heterocycles. The maximum atomic E-state index is 12.9. The van der Waals surface area contributed by atoms with Gasteiger partial charge in [0, 0.05) is 23.5 Å². The molecule has 3 rings (SSSR count). The molecule has 0 aliphatic carbocycles. The van der Waals surface area contributed by atoms with E-state index in [1.807, 2.05) is 0 Å². The number of hydrogen-bond acceptors (Lipinski definition) is 2. The lowest BCUT2D eigenvalue weighted by Gasteiger charge is -2.06. The molecule has 0 bridgehead atoms. The third kappa shape index (κ3) is 6.53. The van der Waals surface area contributed by atoms with Crippen LogP contribution in [0.15, 0.2) is 84.9 Å². The van der Waals surface area contributed by atoms with Crippen molar-refractivity contribution in [2.75, 3.05) is 10.6 Å². The van der Waals surface area contributed by atoms with Gasteiger partial charge >= 0.3 is 0 Å². The van der Waals surface area contributed by atoms with E-state index >= 15 is 0 Å². The van der Waals surface area contributed by atoms with Gasteiger partial charge in [0.2, 0.25) is 11.8 Å². The maximum Gasteiger partial charge on any atom is 0.248 e. The van der Waals surface area contributed by atoms with Crippen LogP contribution in [0.5, 0.6) is 0 Å². The first-order valence-electron chi connectivity index (χ1n) is 9.07. The average molecular weight is 404 g/mol. The summed E-state index contributed by atoms with van der Waals surface area (Å²) in [6.07, 6.45) is 5.81. The van der Waals surface area contributed by atoms with E-state index in [1.165, 1.54) is 36.4 Å². The standard InChI is InChI=1S/C24H18F2N2O2/c25-19-10-4-17(5-11-19)8-14-23(29)27-21-2-1-3-22(16-21)28-24(30)15-9-18-6-12-20(26)13-7-18/h1-16H,(H,27,29)(H,28,30). The lowest BCUT2D eigenvalue weighted by Crippen LogP contribution is -2.10. The summed E-state index contributed by atoms with van der Waals surface area (Å²) in [5, 5.41) is 5.39. The SMILES string of the molecule is O=C(C=Cc1ccc(F)cc1)Nc1cccc(NC(=O)C=Cc2ccc(F)cc2)c1. The van der Waals surface area contributed by atoms with E-state index < -0.39 is 0 Å². The number of anilines is 2. The van der Waals surface area contributed by atoms with Crippen LogP contribution >= 0.6 is 0 Å². The molecule has 0 aliphatic heterocycles. The number of benzene rings is 3. The Hall–Kier alpha value is -4.06. The van der Waals surface area contributed by atoms with E-state index in [1.54, 1.807) is 60.7 Å². The second-order valence-corrected chi connectivity index (χ2v) is 6.33. The zero-order valence-corrected chi connectivity index (χ0v) is 15.8. The Morgan fingerprint density at radius 1 is 0.633 bits per heavy atom. The summed E-state index contributed by atoms with van der Waals surface area (Å²) in [6, 6.07) is 18.2. The van der Waals surface area contributed by atoms with Crippen LogP contribution in [0, 0.1) is 11.6 Å². The van der Waals surface area contributed by atoms with Crippen molar-refractivity contribution in [1.82, 2.24) is 0 Å². The summed E-state index contributed by atoms with van der Waals surface area (Å²) in [5.74, 6) is -1.41. The lowest BCUT2D eigenvalue weighted by atomic mass is 10.2. The van der Waals surface area contributed by atoms with E-state index in [0.717, 1.165) is 0 Å². The Morgan fingerprint density at radius 3 is 1.43 bits per heavy atom. The molecular formula is C24H18F2N2O2. The van der Waals surface area contributed by atoms with Crippen molar-refractivity contribution >= 4 is 35.3 Å². The van der Waals surface area contributed by atoms with Crippen LogP contribution in [0.2, 0.25) is 0 Å². The smallest absolute Gasteiger partial charge is 0.248 e. The fraction of sp³-hybridized carbons (Fsp3) is 0. The minimum Gasteiger partial charge on any atom is -0.322 e. The molecule has 4 nitrogen and oxygen atoms in total. The van der Waals surface area contributed by atoms with Crippen molar-refractivity contribution in [2.24, 2.45) is 0 Å². The zero-order valence-electron chi connectivity index (χ0n) is 15.8. The Bertz CT molecular complexity index is 1000. The average Bonchev–Trinajstić information content (AvgIpc) is 2.73. The van der Waals surface area contributed by atoms with E-state index in [0.29, 0.717) is 22.5 Å². The van der Waals surface area contributed by atoms with Crippen LogP contribution in [-0.4, -0.2) is 11.8 Å². The fourth-order valence-electron chi connectivity index (χ4n) is 2.53. The highest BCUT2D eigenvalue weighted by molar-refractivity contribution is 6.04. The van der Waals surface area contributed by atoms with E-state index in [9.17, 15) is 18.4 Å². The van der Waals surface area contributed by atoms with Gasteiger partial charge in [-0.1, -0.05) is 30.3 Å². The Balaban J connectivity index is 1.57. The molecule has 3 aromatic rings. The Labute approximate surface area is 172 Å². The van der Waals surface area contributed by atoms with Crippen LogP contribution in [0.4, 0.5) is 20.2 Å². The number of nitrogens with one attached hydrogen (secondary N) is 2. The van der Waals surface area contributed by atoms with Crippen LogP contribution in [0.3, 0.4) is 0 Å². The summed E-state index contributed by atoms with van der Waals surface area (Å²) in [5.41, 5.74) is 2.40. The molecule has 30 heavy (non-hydrogen) atoms. The molecule has 2 amide bonds. The number of carbonyl (C=O) groups excluding carboxylic acids is 2. The summed E-state index contributed by atoms with van der Waals surface area (Å²) in [6.45, 7) is 0. The van der Waals surface area contributed by atoms with Gasteiger partial charge in [-0.2, -0.15) is 0 Å². The van der Waals surface area contributed by atoms with Crippen LogP contribution < -0.4 is 10.6 Å². The Morgan fingerprint density at radius 2 is 1.03 bits per heavy atom. The molecule has 0 saturated heterocycles. The van der Waals surface area contributed by atoms with Gasteiger partial charge in [0.05, 0.1) is 0 Å². The molecule has 0 radical (unpaired) electrons. The van der Waals surface area contributed by atoms with Gasteiger partial charge < -0.3 is 10.6 Å². The molecule has 2 N–H and O–H groups in total. The second kappa shape index (κ2) is 9.93. The van der Waals surface area contributed by atoms with Gasteiger partial charge in [-0.3, -0.25) is 9.59 Å². The third-order valence-corrected chi connectivity index (χ3v) is 3.99. The minimum absolute atomic E-state index is 0.344.